The lowest BCUT2D eigenvalue weighted by atomic mass is 10.0. The Balaban J connectivity index is 1.68. The zero-order chi connectivity index (χ0) is 15.4. The molecule has 4 nitrogen and oxygen atoms in total. The van der Waals surface area contributed by atoms with Crippen molar-refractivity contribution in [1.82, 2.24) is 4.90 Å². The lowest BCUT2D eigenvalue weighted by Gasteiger charge is -2.37. The highest BCUT2D eigenvalue weighted by molar-refractivity contribution is 5.92. The number of ether oxygens (including phenoxy) is 2. The van der Waals surface area contributed by atoms with Crippen LogP contribution in [-0.2, 0) is 14.3 Å². The number of amides is 1. The standard InChI is InChI=1S/C17H20FNO3/c18-14-5-3-4-13(12-14)7-8-16(20)19-9-2-1-6-15(19)17-21-10-11-22-17/h3-5,7-8,12,15,17H,1-2,6,9-11H2/b8-7+. The van der Waals surface area contributed by atoms with Gasteiger partial charge >= 0.3 is 0 Å². The third kappa shape index (κ3) is 3.54. The maximum Gasteiger partial charge on any atom is 0.246 e. The average Bonchev–Trinajstić information content (AvgIpc) is 3.07. The second-order valence-corrected chi connectivity index (χ2v) is 5.59. The van der Waals surface area contributed by atoms with E-state index in [0.29, 0.717) is 25.3 Å². The predicted molar refractivity (Wildman–Crippen MR) is 80.5 cm³/mol. The molecule has 0 aromatic heterocycles. The molecule has 2 saturated heterocycles. The maximum absolute atomic E-state index is 13.2. The molecule has 2 heterocycles. The third-order valence-electron chi connectivity index (χ3n) is 4.06. The largest absolute Gasteiger partial charge is 0.348 e. The van der Waals surface area contributed by atoms with Crippen LogP contribution in [-0.4, -0.2) is 42.9 Å². The number of carbonyl (C=O) groups excluding carboxylic acids is 1. The summed E-state index contributed by atoms with van der Waals surface area (Å²) in [7, 11) is 0. The van der Waals surface area contributed by atoms with Crippen LogP contribution in [0.5, 0.6) is 0 Å². The second kappa shape index (κ2) is 7.03. The Morgan fingerprint density at radius 3 is 2.86 bits per heavy atom. The monoisotopic (exact) mass is 305 g/mol. The molecular weight excluding hydrogens is 285 g/mol. The Hall–Kier alpha value is -1.72. The molecule has 5 heteroatoms. The van der Waals surface area contributed by atoms with Crippen LogP contribution in [0.2, 0.25) is 0 Å². The molecule has 0 bridgehead atoms. The molecule has 3 rings (SSSR count). The van der Waals surface area contributed by atoms with E-state index in [0.717, 1.165) is 19.3 Å². The van der Waals surface area contributed by atoms with Gasteiger partial charge in [-0.3, -0.25) is 4.79 Å². The van der Waals surface area contributed by atoms with Crippen molar-refractivity contribution in [2.75, 3.05) is 19.8 Å². The molecule has 0 aliphatic carbocycles. The maximum atomic E-state index is 13.2. The van der Waals surface area contributed by atoms with E-state index in [2.05, 4.69) is 0 Å². The molecular formula is C17H20FNO3. The van der Waals surface area contributed by atoms with Crippen molar-refractivity contribution >= 4 is 12.0 Å². The minimum absolute atomic E-state index is 0.0269. The van der Waals surface area contributed by atoms with Crippen LogP contribution in [0.25, 0.3) is 6.08 Å². The minimum atomic E-state index is -0.313. The fourth-order valence-corrected chi connectivity index (χ4v) is 2.99. The third-order valence-corrected chi connectivity index (χ3v) is 4.06. The molecule has 1 aromatic carbocycles. The van der Waals surface area contributed by atoms with Crippen LogP contribution in [0.15, 0.2) is 30.3 Å². The van der Waals surface area contributed by atoms with E-state index in [9.17, 15) is 9.18 Å². The first-order valence-electron chi connectivity index (χ1n) is 7.71. The Bertz CT molecular complexity index is 555. The Morgan fingerprint density at radius 1 is 1.27 bits per heavy atom. The SMILES string of the molecule is O=C(/C=C/c1cccc(F)c1)N1CCCCC1C1OCCO1. The van der Waals surface area contributed by atoms with Crippen molar-refractivity contribution < 1.29 is 18.7 Å². The van der Waals surface area contributed by atoms with Gasteiger partial charge in [-0.25, -0.2) is 4.39 Å². The number of piperidine rings is 1. The van der Waals surface area contributed by atoms with Gasteiger partial charge in [0, 0.05) is 12.6 Å². The van der Waals surface area contributed by atoms with Crippen molar-refractivity contribution in [3.63, 3.8) is 0 Å². The van der Waals surface area contributed by atoms with Gasteiger partial charge in [-0.2, -0.15) is 0 Å². The zero-order valence-electron chi connectivity index (χ0n) is 12.4. The molecule has 1 amide bonds. The summed E-state index contributed by atoms with van der Waals surface area (Å²) >= 11 is 0. The van der Waals surface area contributed by atoms with Gasteiger partial charge in [0.25, 0.3) is 0 Å². The summed E-state index contributed by atoms with van der Waals surface area (Å²) in [6.45, 7) is 1.88. The summed E-state index contributed by atoms with van der Waals surface area (Å²) in [6.07, 6.45) is 5.79. The van der Waals surface area contributed by atoms with Gasteiger partial charge in [0.05, 0.1) is 19.3 Å². The molecule has 1 unspecified atom stereocenters. The van der Waals surface area contributed by atoms with Crippen LogP contribution in [0.4, 0.5) is 4.39 Å². The molecule has 0 spiro atoms. The highest BCUT2D eigenvalue weighted by Crippen LogP contribution is 2.24. The molecule has 2 fully saturated rings. The fraction of sp³-hybridized carbons (Fsp3) is 0.471. The van der Waals surface area contributed by atoms with Crippen LogP contribution in [0.3, 0.4) is 0 Å². The van der Waals surface area contributed by atoms with E-state index in [4.69, 9.17) is 9.47 Å². The smallest absolute Gasteiger partial charge is 0.246 e. The first kappa shape index (κ1) is 15.2. The van der Waals surface area contributed by atoms with Gasteiger partial charge in [0.1, 0.15) is 5.82 Å². The van der Waals surface area contributed by atoms with Crippen molar-refractivity contribution in [1.29, 1.82) is 0 Å². The van der Waals surface area contributed by atoms with Gasteiger partial charge in [-0.1, -0.05) is 12.1 Å². The van der Waals surface area contributed by atoms with Gasteiger partial charge in [0.15, 0.2) is 6.29 Å². The average molecular weight is 305 g/mol. The number of hydrogen-bond donors (Lipinski definition) is 0. The fourth-order valence-electron chi connectivity index (χ4n) is 2.99. The van der Waals surface area contributed by atoms with Crippen LogP contribution >= 0.6 is 0 Å². The molecule has 0 N–H and O–H groups in total. The number of nitrogens with zero attached hydrogens (tertiary/aromatic N) is 1. The number of hydrogen-bond acceptors (Lipinski definition) is 3. The summed E-state index contributed by atoms with van der Waals surface area (Å²) in [4.78, 5) is 14.3. The second-order valence-electron chi connectivity index (χ2n) is 5.59. The molecule has 1 aromatic rings. The number of likely N-dealkylation sites (tertiary alicyclic amines) is 1. The Kier molecular flexibility index (Phi) is 4.85. The summed E-state index contributed by atoms with van der Waals surface area (Å²) in [5.41, 5.74) is 0.676. The molecule has 22 heavy (non-hydrogen) atoms. The van der Waals surface area contributed by atoms with Crippen LogP contribution in [0, 0.1) is 5.82 Å². The van der Waals surface area contributed by atoms with Crippen LogP contribution < -0.4 is 0 Å². The van der Waals surface area contributed by atoms with E-state index in [1.54, 1.807) is 18.2 Å². The van der Waals surface area contributed by atoms with Gasteiger partial charge in [0.2, 0.25) is 5.91 Å². The molecule has 2 aliphatic rings. The lowest BCUT2D eigenvalue weighted by Crippen LogP contribution is -2.49. The first-order chi connectivity index (χ1) is 10.7. The highest BCUT2D eigenvalue weighted by Gasteiger charge is 2.35. The van der Waals surface area contributed by atoms with E-state index < -0.39 is 0 Å². The van der Waals surface area contributed by atoms with Crippen molar-refractivity contribution in [2.45, 2.75) is 31.6 Å². The van der Waals surface area contributed by atoms with Crippen molar-refractivity contribution in [2.24, 2.45) is 0 Å². The quantitative estimate of drug-likeness (QED) is 0.806. The number of benzene rings is 1. The number of carbonyl (C=O) groups is 1. The van der Waals surface area contributed by atoms with Gasteiger partial charge in [-0.05, 0) is 43.0 Å². The van der Waals surface area contributed by atoms with Crippen molar-refractivity contribution in [3.05, 3.63) is 41.7 Å². The zero-order valence-corrected chi connectivity index (χ0v) is 12.4. The summed E-state index contributed by atoms with van der Waals surface area (Å²) in [5, 5.41) is 0. The molecule has 118 valence electrons. The van der Waals surface area contributed by atoms with E-state index in [1.165, 1.54) is 18.2 Å². The molecule has 1 atom stereocenters. The predicted octanol–water partition coefficient (Wildman–Crippen LogP) is 2.59. The summed E-state index contributed by atoms with van der Waals surface area (Å²) < 4.78 is 24.3. The Labute approximate surface area is 129 Å². The van der Waals surface area contributed by atoms with Gasteiger partial charge in [-0.15, -0.1) is 0 Å². The Morgan fingerprint density at radius 2 is 2.09 bits per heavy atom. The number of rotatable bonds is 3. The molecule has 0 saturated carbocycles. The topological polar surface area (TPSA) is 38.8 Å². The van der Waals surface area contributed by atoms with Crippen molar-refractivity contribution in [3.8, 4) is 0 Å². The highest BCUT2D eigenvalue weighted by atomic mass is 19.1. The normalized spacial score (nSPS) is 23.3. The summed E-state index contributed by atoms with van der Waals surface area (Å²) in [6, 6.07) is 6.16. The number of halogens is 1. The lowest BCUT2D eigenvalue weighted by molar-refractivity contribution is -0.145. The molecule has 0 radical (unpaired) electrons. The van der Waals surface area contributed by atoms with E-state index in [1.807, 2.05) is 4.90 Å². The first-order valence-corrected chi connectivity index (χ1v) is 7.71. The van der Waals surface area contributed by atoms with Gasteiger partial charge < -0.3 is 14.4 Å². The van der Waals surface area contributed by atoms with E-state index in [-0.39, 0.29) is 24.1 Å². The van der Waals surface area contributed by atoms with E-state index >= 15 is 0 Å². The molecule has 2 aliphatic heterocycles. The van der Waals surface area contributed by atoms with Crippen LogP contribution in [0.1, 0.15) is 24.8 Å². The minimum Gasteiger partial charge on any atom is -0.348 e. The summed E-state index contributed by atoms with van der Waals surface area (Å²) in [5.74, 6) is -0.383.